The number of unbranched alkanes of at least 4 members (excludes halogenated alkanes) is 14. The highest BCUT2D eigenvalue weighted by atomic mass is 28.4. The van der Waals surface area contributed by atoms with Gasteiger partial charge in [0.15, 0.2) is 24.4 Å². The van der Waals surface area contributed by atoms with E-state index < -0.39 is 81.5 Å². The van der Waals surface area contributed by atoms with Crippen molar-refractivity contribution in [2.24, 2.45) is 0 Å². The van der Waals surface area contributed by atoms with Gasteiger partial charge in [0.05, 0.1) is 27.2 Å². The van der Waals surface area contributed by atoms with Crippen LogP contribution in [0.3, 0.4) is 0 Å². The fourth-order valence-corrected chi connectivity index (χ4v) is 9.33. The summed E-state index contributed by atoms with van der Waals surface area (Å²) in [7, 11) is -0.968. The topological polar surface area (TPSA) is 278 Å². The Bertz CT molecular complexity index is 1080. The largest absolute Gasteiger partial charge is 0.503 e. The van der Waals surface area contributed by atoms with Crippen LogP contribution in [-0.4, -0.2) is 159 Å². The molecule has 0 aromatic carbocycles. The van der Waals surface area contributed by atoms with Gasteiger partial charge in [-0.3, -0.25) is 0 Å². The van der Waals surface area contributed by atoms with Gasteiger partial charge < -0.3 is 63.7 Å². The van der Waals surface area contributed by atoms with Gasteiger partial charge in [0.25, 0.3) is 0 Å². The zero-order chi connectivity index (χ0) is 39.5. The first kappa shape index (κ1) is 47.8. The molecule has 0 saturated carbocycles. The quantitative estimate of drug-likeness (QED) is 0.0285. The molecule has 52 heavy (non-hydrogen) atoms. The van der Waals surface area contributed by atoms with E-state index in [0.29, 0.717) is 11.0 Å². The average Bonchev–Trinajstić information content (AvgIpc) is 3.08. The fraction of sp³-hybridized carbons (Fsp3) is 0.882. The Labute approximate surface area is 307 Å². The molecule has 0 bridgehead atoms. The average molecular weight is 771 g/mol. The third-order valence-corrected chi connectivity index (χ3v) is 12.3. The van der Waals surface area contributed by atoms with Crippen molar-refractivity contribution in [2.45, 2.75) is 165 Å². The molecule has 1 unspecified atom stereocenters. The van der Waals surface area contributed by atoms with E-state index >= 15 is 0 Å². The molecule has 9 atom stereocenters. The van der Waals surface area contributed by atoms with Gasteiger partial charge in [-0.1, -0.05) is 90.4 Å². The van der Waals surface area contributed by atoms with Crippen molar-refractivity contribution >= 4 is 32.7 Å². The highest BCUT2D eigenvalue weighted by molar-refractivity contribution is 6.61. The van der Waals surface area contributed by atoms with Gasteiger partial charge in [-0.05, 0) is 12.8 Å². The van der Waals surface area contributed by atoms with E-state index in [-0.39, 0.29) is 12.5 Å². The summed E-state index contributed by atoms with van der Waals surface area (Å²) in [5.74, 6) is -7.73. The highest BCUT2D eigenvalue weighted by Gasteiger charge is 2.60. The number of carboxylic acids is 4. The highest BCUT2D eigenvalue weighted by Crippen LogP contribution is 2.34. The molecule has 0 aromatic heterocycles. The molecule has 0 radical (unpaired) electrons. The molecule has 1 aliphatic rings. The van der Waals surface area contributed by atoms with Crippen molar-refractivity contribution in [3.05, 3.63) is 0 Å². The van der Waals surface area contributed by atoms with Crippen molar-refractivity contribution in [3.63, 3.8) is 0 Å². The van der Waals surface area contributed by atoms with Crippen molar-refractivity contribution in [3.8, 4) is 0 Å². The Morgan fingerprint density at radius 3 is 1.54 bits per heavy atom. The first-order chi connectivity index (χ1) is 24.4. The third-order valence-electron chi connectivity index (χ3n) is 9.48. The summed E-state index contributed by atoms with van der Waals surface area (Å²) in [5.41, 5.74) is 0. The summed E-state index contributed by atoms with van der Waals surface area (Å²) < 4.78 is 17.2. The number of nitrogens with zero attached hydrogens (tertiary/aromatic N) is 1. The van der Waals surface area contributed by atoms with E-state index in [2.05, 4.69) is 6.92 Å². The number of aliphatic carboxylic acids is 4. The van der Waals surface area contributed by atoms with Crippen LogP contribution in [0, 0.1) is 0 Å². The van der Waals surface area contributed by atoms with Crippen LogP contribution in [0.25, 0.3) is 0 Å². The van der Waals surface area contributed by atoms with Crippen LogP contribution < -0.4 is 0 Å². The lowest BCUT2D eigenvalue weighted by molar-refractivity contribution is -0.890. The van der Waals surface area contributed by atoms with E-state index in [4.69, 9.17) is 18.4 Å². The summed E-state index contributed by atoms with van der Waals surface area (Å²) in [6.45, 7) is 3.36. The predicted octanol–water partition coefficient (Wildman–Crippen LogP) is 1.58. The maximum Gasteiger partial charge on any atom is 0.503 e. The molecule has 17 nitrogen and oxygen atoms in total. The van der Waals surface area contributed by atoms with Gasteiger partial charge in [-0.15, -0.1) is 0 Å². The number of hydrogen-bond acceptors (Lipinski definition) is 12. The second-order valence-corrected chi connectivity index (χ2v) is 17.1. The Hall–Kier alpha value is -2.26. The van der Waals surface area contributed by atoms with Crippen LogP contribution in [0.5, 0.6) is 0 Å². The molecule has 0 spiro atoms. The summed E-state index contributed by atoms with van der Waals surface area (Å²) in [6, 6.07) is -0.388. The van der Waals surface area contributed by atoms with Gasteiger partial charge in [0, 0.05) is 12.5 Å². The minimum absolute atomic E-state index is 0.110. The number of hydrogen-bond donors (Lipinski definition) is 9. The van der Waals surface area contributed by atoms with E-state index in [0.717, 1.165) is 32.2 Å². The molecular weight excluding hydrogens is 706 g/mol. The van der Waals surface area contributed by atoms with Crippen molar-refractivity contribution in [1.82, 2.24) is 0 Å². The van der Waals surface area contributed by atoms with Gasteiger partial charge in [-0.2, -0.15) is 0 Å². The van der Waals surface area contributed by atoms with Crippen LogP contribution in [0.1, 0.15) is 110 Å². The lowest BCUT2D eigenvalue weighted by Gasteiger charge is -2.45. The lowest BCUT2D eigenvalue weighted by atomic mass is 10.0. The Morgan fingerprint density at radius 1 is 0.654 bits per heavy atom. The molecule has 0 aliphatic carbocycles. The number of aliphatic hydroxyl groups is 5. The standard InChI is InChI=1S/C34H63NO16Si/c1-4-5-6-7-8-9-10-11-12-13-14-15-16-17-18-20-35(2,3)21-19-22-52(50-29(33(45)46)24(37)23(36)25(38)31(41)42)49-28(27(40)32(43)44)26(39)30(51-52)34(47)48/h23-30,36-40H,4-22H2,1-3H3,(H3-,41,42,43,44,45,46,47,48)/p+1/t23-,24+,25+,26-,27-,28+,29-,30+,52?/m0/s1. The van der Waals surface area contributed by atoms with Gasteiger partial charge >= 0.3 is 32.7 Å². The van der Waals surface area contributed by atoms with Gasteiger partial charge in [0.2, 0.25) is 0 Å². The number of aliphatic hydroxyl groups excluding tert-OH is 5. The number of carboxylic acid groups (broad SMARTS) is 4. The van der Waals surface area contributed by atoms with Gasteiger partial charge in [0.1, 0.15) is 24.4 Å². The normalized spacial score (nSPS) is 23.7. The second kappa shape index (κ2) is 24.2. The maximum absolute atomic E-state index is 12.2. The molecule has 9 N–H and O–H groups in total. The maximum atomic E-state index is 12.2. The van der Waals surface area contributed by atoms with Crippen LogP contribution in [0.15, 0.2) is 0 Å². The van der Waals surface area contributed by atoms with Gasteiger partial charge in [-0.25, -0.2) is 19.2 Å². The summed E-state index contributed by atoms with van der Waals surface area (Å²) in [6.07, 6.45) is -1.16. The van der Waals surface area contributed by atoms with E-state index in [1.165, 1.54) is 70.6 Å². The third kappa shape index (κ3) is 16.8. The fourth-order valence-electron chi connectivity index (χ4n) is 6.28. The summed E-state index contributed by atoms with van der Waals surface area (Å²) in [4.78, 5) is 47.0. The van der Waals surface area contributed by atoms with E-state index in [9.17, 15) is 60.0 Å². The van der Waals surface area contributed by atoms with Crippen LogP contribution in [0.2, 0.25) is 6.04 Å². The summed E-state index contributed by atoms with van der Waals surface area (Å²) in [5, 5.41) is 89.2. The second-order valence-electron chi connectivity index (χ2n) is 14.5. The number of quaternary nitrogens is 1. The minimum atomic E-state index is -4.85. The SMILES string of the molecule is CCCCCCCCCCCCCCCCC[N+](C)(C)CCC[Si]1(O[C@H](C(=O)O)[C@H](O)[C@H](O)[C@@H](O)C(=O)O)O[C@@H]([C@H](O)C(=O)O)[C@H](O)[C@H](C(=O)O)O1. The first-order valence-electron chi connectivity index (χ1n) is 18.6. The minimum Gasteiger partial charge on any atom is -0.479 e. The van der Waals surface area contributed by atoms with E-state index in [1.807, 2.05) is 14.1 Å². The van der Waals surface area contributed by atoms with Crippen molar-refractivity contribution in [1.29, 1.82) is 0 Å². The molecule has 304 valence electrons. The number of rotatable bonds is 30. The molecule has 1 aliphatic heterocycles. The molecule has 0 aromatic rings. The van der Waals surface area contributed by atoms with Crippen molar-refractivity contribution in [2.75, 3.05) is 27.2 Å². The van der Waals surface area contributed by atoms with Crippen LogP contribution in [-0.2, 0) is 32.5 Å². The Morgan fingerprint density at radius 2 is 1.12 bits per heavy atom. The molecule has 1 saturated heterocycles. The molecule has 0 amide bonds. The van der Waals surface area contributed by atoms with Crippen molar-refractivity contribution < 1.29 is 82.9 Å². The Balaban J connectivity index is 2.87. The van der Waals surface area contributed by atoms with Crippen LogP contribution in [0.4, 0.5) is 0 Å². The van der Waals surface area contributed by atoms with E-state index in [1.54, 1.807) is 0 Å². The zero-order valence-corrected chi connectivity index (χ0v) is 31.9. The smallest absolute Gasteiger partial charge is 0.479 e. The Kier molecular flexibility index (Phi) is 22.2. The summed E-state index contributed by atoms with van der Waals surface area (Å²) >= 11 is 0. The monoisotopic (exact) mass is 770 g/mol. The molecule has 1 fully saturated rings. The molecule has 1 heterocycles. The molecule has 18 heteroatoms. The van der Waals surface area contributed by atoms with Crippen LogP contribution >= 0.6 is 0 Å². The lowest BCUT2D eigenvalue weighted by Crippen LogP contribution is -2.68. The predicted molar refractivity (Wildman–Crippen MR) is 187 cm³/mol. The molecule has 1 rings (SSSR count). The zero-order valence-electron chi connectivity index (χ0n) is 30.9. The first-order valence-corrected chi connectivity index (χ1v) is 20.5. The number of carbonyl (C=O) groups is 4. The molecular formula is C34H64NO16Si+.